The minimum atomic E-state index is -0.330. The summed E-state index contributed by atoms with van der Waals surface area (Å²) in [6, 6.07) is 19.4. The molecule has 3 aromatic rings. The Labute approximate surface area is 170 Å². The summed E-state index contributed by atoms with van der Waals surface area (Å²) in [5.74, 6) is 0.481. The van der Waals surface area contributed by atoms with Crippen molar-refractivity contribution in [3.63, 3.8) is 0 Å². The number of para-hydroxylation sites is 2. The zero-order valence-electron chi connectivity index (χ0n) is 16.6. The van der Waals surface area contributed by atoms with Gasteiger partial charge < -0.3 is 15.0 Å². The molecule has 0 unspecified atom stereocenters. The van der Waals surface area contributed by atoms with Crippen LogP contribution in [0, 0.1) is 0 Å². The van der Waals surface area contributed by atoms with E-state index in [-0.39, 0.29) is 17.7 Å². The van der Waals surface area contributed by atoms with Crippen molar-refractivity contribution < 1.29 is 14.3 Å². The van der Waals surface area contributed by atoms with E-state index >= 15 is 0 Å². The van der Waals surface area contributed by atoms with E-state index < -0.39 is 0 Å². The third kappa shape index (κ3) is 3.81. The summed E-state index contributed by atoms with van der Waals surface area (Å²) < 4.78 is 5.27. The van der Waals surface area contributed by atoms with Crippen LogP contribution in [0.4, 0.5) is 11.4 Å². The second-order valence-electron chi connectivity index (χ2n) is 7.35. The Morgan fingerprint density at radius 1 is 1.07 bits per heavy atom. The van der Waals surface area contributed by atoms with Crippen molar-refractivity contribution in [2.45, 2.75) is 25.7 Å². The third-order valence-electron chi connectivity index (χ3n) is 5.49. The van der Waals surface area contributed by atoms with Crippen molar-refractivity contribution in [1.82, 2.24) is 0 Å². The van der Waals surface area contributed by atoms with Gasteiger partial charge in [0.05, 0.1) is 24.4 Å². The minimum absolute atomic E-state index is 0.100. The Morgan fingerprint density at radius 3 is 2.59 bits per heavy atom. The van der Waals surface area contributed by atoms with E-state index in [0.717, 1.165) is 34.2 Å². The lowest BCUT2D eigenvalue weighted by Crippen LogP contribution is -2.26. The highest BCUT2D eigenvalue weighted by molar-refractivity contribution is 6.03. The normalized spacial score (nSPS) is 14.8. The maximum absolute atomic E-state index is 13.0. The van der Waals surface area contributed by atoms with E-state index in [1.807, 2.05) is 67.6 Å². The fraction of sp³-hybridized carbons (Fsp3) is 0.250. The number of amides is 2. The van der Waals surface area contributed by atoms with Crippen LogP contribution in [0.3, 0.4) is 0 Å². The molecule has 1 heterocycles. The van der Waals surface area contributed by atoms with Gasteiger partial charge in [-0.15, -0.1) is 0 Å². The number of methoxy groups -OCH3 is 1. The highest BCUT2D eigenvalue weighted by Crippen LogP contribution is 2.31. The average Bonchev–Trinajstić information content (AvgIpc) is 3.18. The first-order valence-electron chi connectivity index (χ1n) is 9.85. The van der Waals surface area contributed by atoms with E-state index in [4.69, 9.17) is 4.74 Å². The molecule has 0 bridgehead atoms. The maximum atomic E-state index is 13.0. The number of ether oxygens (including phenoxy) is 1. The van der Waals surface area contributed by atoms with Crippen molar-refractivity contribution in [2.24, 2.45) is 0 Å². The fourth-order valence-corrected chi connectivity index (χ4v) is 3.75. The van der Waals surface area contributed by atoms with E-state index in [2.05, 4.69) is 5.32 Å². The van der Waals surface area contributed by atoms with Crippen LogP contribution in [0.5, 0.6) is 5.75 Å². The smallest absolute Gasteiger partial charge is 0.231 e. The summed E-state index contributed by atoms with van der Waals surface area (Å²) in [6.45, 7) is 2.58. The molecular formula is C24H24N2O3. The zero-order chi connectivity index (χ0) is 20.4. The van der Waals surface area contributed by atoms with Gasteiger partial charge in [0.1, 0.15) is 5.75 Å². The molecule has 1 N–H and O–H groups in total. The molecule has 5 heteroatoms. The minimum Gasteiger partial charge on any atom is -0.497 e. The average molecular weight is 388 g/mol. The van der Waals surface area contributed by atoms with Gasteiger partial charge in [-0.2, -0.15) is 0 Å². The van der Waals surface area contributed by atoms with Crippen LogP contribution >= 0.6 is 0 Å². The monoisotopic (exact) mass is 388 g/mol. The number of anilines is 2. The van der Waals surface area contributed by atoms with Gasteiger partial charge in [0, 0.05) is 13.0 Å². The molecule has 3 aromatic carbocycles. The van der Waals surface area contributed by atoms with E-state index in [0.29, 0.717) is 18.7 Å². The second-order valence-corrected chi connectivity index (χ2v) is 7.35. The van der Waals surface area contributed by atoms with Gasteiger partial charge in [-0.25, -0.2) is 0 Å². The largest absolute Gasteiger partial charge is 0.497 e. The number of hydrogen-bond acceptors (Lipinski definition) is 3. The number of rotatable bonds is 5. The van der Waals surface area contributed by atoms with Crippen molar-refractivity contribution in [3.8, 4) is 5.75 Å². The molecule has 1 fully saturated rings. The molecule has 1 aliphatic rings. The number of benzene rings is 3. The first kappa shape index (κ1) is 19.0. The highest BCUT2D eigenvalue weighted by atomic mass is 16.5. The van der Waals surface area contributed by atoms with E-state index in [1.165, 1.54) is 0 Å². The topological polar surface area (TPSA) is 58.6 Å². The van der Waals surface area contributed by atoms with Gasteiger partial charge in [-0.05, 0) is 53.9 Å². The van der Waals surface area contributed by atoms with Crippen molar-refractivity contribution in [2.75, 3.05) is 23.9 Å². The van der Waals surface area contributed by atoms with Crippen LogP contribution in [0.1, 0.15) is 31.2 Å². The molecule has 0 radical (unpaired) electrons. The first-order chi connectivity index (χ1) is 14.1. The summed E-state index contributed by atoms with van der Waals surface area (Å²) in [5.41, 5.74) is 2.38. The van der Waals surface area contributed by atoms with Crippen LogP contribution in [-0.4, -0.2) is 25.5 Å². The van der Waals surface area contributed by atoms with Crippen molar-refractivity contribution >= 4 is 34.0 Å². The third-order valence-corrected chi connectivity index (χ3v) is 5.49. The number of hydrogen-bond donors (Lipinski definition) is 1. The van der Waals surface area contributed by atoms with Crippen molar-refractivity contribution in [1.29, 1.82) is 0 Å². The Bertz CT molecular complexity index is 1080. The molecule has 0 saturated carbocycles. The summed E-state index contributed by atoms with van der Waals surface area (Å²) >= 11 is 0. The van der Waals surface area contributed by atoms with E-state index in [1.54, 1.807) is 12.0 Å². The molecule has 1 atom stereocenters. The molecule has 0 spiro atoms. The molecular weight excluding hydrogens is 364 g/mol. The lowest BCUT2D eigenvalue weighted by atomic mass is 9.97. The number of carbonyl (C=O) groups is 2. The van der Waals surface area contributed by atoms with Crippen LogP contribution in [0.15, 0.2) is 60.7 Å². The Balaban J connectivity index is 1.56. The predicted molar refractivity (Wildman–Crippen MR) is 116 cm³/mol. The first-order valence-corrected chi connectivity index (χ1v) is 9.85. The van der Waals surface area contributed by atoms with Gasteiger partial charge in [-0.3, -0.25) is 9.59 Å². The fourth-order valence-electron chi connectivity index (χ4n) is 3.75. The SMILES string of the molecule is COc1ccc2cc([C@H](C)C(=O)Nc3ccccc3N3CCCC3=O)ccc2c1. The van der Waals surface area contributed by atoms with Crippen molar-refractivity contribution in [3.05, 3.63) is 66.2 Å². The summed E-state index contributed by atoms with van der Waals surface area (Å²) in [7, 11) is 1.65. The van der Waals surface area contributed by atoms with Crippen LogP contribution in [0.2, 0.25) is 0 Å². The number of nitrogens with zero attached hydrogens (tertiary/aromatic N) is 1. The zero-order valence-corrected chi connectivity index (χ0v) is 16.6. The van der Waals surface area contributed by atoms with Gasteiger partial charge in [-0.1, -0.05) is 36.4 Å². The molecule has 1 saturated heterocycles. The Hall–Kier alpha value is -3.34. The molecule has 0 aromatic heterocycles. The van der Waals surface area contributed by atoms with Gasteiger partial charge in [0.15, 0.2) is 0 Å². The molecule has 2 amide bonds. The molecule has 4 rings (SSSR count). The number of nitrogens with one attached hydrogen (secondary N) is 1. The Kier molecular flexibility index (Phi) is 5.21. The number of carbonyl (C=O) groups excluding carboxylic acids is 2. The van der Waals surface area contributed by atoms with E-state index in [9.17, 15) is 9.59 Å². The molecule has 29 heavy (non-hydrogen) atoms. The quantitative estimate of drug-likeness (QED) is 0.688. The summed E-state index contributed by atoms with van der Waals surface area (Å²) in [6.07, 6.45) is 1.40. The molecule has 0 aliphatic carbocycles. The van der Waals surface area contributed by atoms with Gasteiger partial charge in [0.2, 0.25) is 11.8 Å². The lowest BCUT2D eigenvalue weighted by Gasteiger charge is -2.21. The van der Waals surface area contributed by atoms with Crippen LogP contribution in [0.25, 0.3) is 10.8 Å². The lowest BCUT2D eigenvalue weighted by molar-refractivity contribution is -0.118. The Morgan fingerprint density at radius 2 is 1.83 bits per heavy atom. The van der Waals surface area contributed by atoms with Gasteiger partial charge in [0.25, 0.3) is 0 Å². The summed E-state index contributed by atoms with van der Waals surface area (Å²) in [4.78, 5) is 26.9. The second kappa shape index (κ2) is 7.95. The number of fused-ring (bicyclic) bond motifs is 1. The molecule has 1 aliphatic heterocycles. The van der Waals surface area contributed by atoms with Gasteiger partial charge >= 0.3 is 0 Å². The maximum Gasteiger partial charge on any atom is 0.231 e. The predicted octanol–water partition coefficient (Wildman–Crippen LogP) is 4.72. The summed E-state index contributed by atoms with van der Waals surface area (Å²) in [5, 5.41) is 5.15. The highest BCUT2D eigenvalue weighted by Gasteiger charge is 2.25. The molecule has 5 nitrogen and oxygen atoms in total. The van der Waals surface area contributed by atoms with Crippen LogP contribution in [-0.2, 0) is 9.59 Å². The molecule has 148 valence electrons. The van der Waals surface area contributed by atoms with Crippen LogP contribution < -0.4 is 15.0 Å². The standard InChI is InChI=1S/C24H24N2O3/c1-16(17-9-10-19-15-20(29-2)12-11-18(19)14-17)24(28)25-21-6-3-4-7-22(21)26-13-5-8-23(26)27/h3-4,6-7,9-12,14-16H,5,8,13H2,1-2H3,(H,25,28)/t16-/m0/s1.